The molecular weight excluding hydrogens is 286 g/mol. The summed E-state index contributed by atoms with van der Waals surface area (Å²) in [6.45, 7) is 13.7. The Balaban J connectivity index is 1.76. The molecule has 23 heavy (non-hydrogen) atoms. The number of hydrogen-bond acceptors (Lipinski definition) is 3. The topological polar surface area (TPSA) is 56.9 Å². The minimum absolute atomic E-state index is 0.401. The SMILES string of the molecule is C=C(C)CNC(N)=NCC(C)N1CCN(c2ccccc2)CC1. The number of anilines is 1. The van der Waals surface area contributed by atoms with E-state index in [-0.39, 0.29) is 0 Å². The summed E-state index contributed by atoms with van der Waals surface area (Å²) in [5.74, 6) is 0.503. The van der Waals surface area contributed by atoms with E-state index in [2.05, 4.69) is 63.9 Å². The molecule has 2 rings (SSSR count). The van der Waals surface area contributed by atoms with Gasteiger partial charge in [0, 0.05) is 44.5 Å². The third kappa shape index (κ3) is 5.60. The molecule has 0 saturated carbocycles. The summed E-state index contributed by atoms with van der Waals surface area (Å²) < 4.78 is 0. The third-order valence-corrected chi connectivity index (χ3v) is 4.16. The van der Waals surface area contributed by atoms with Gasteiger partial charge in [0.15, 0.2) is 5.96 Å². The van der Waals surface area contributed by atoms with Crippen LogP contribution in [-0.4, -0.2) is 56.2 Å². The Morgan fingerprint density at radius 2 is 1.91 bits per heavy atom. The van der Waals surface area contributed by atoms with E-state index in [4.69, 9.17) is 5.73 Å². The molecule has 1 fully saturated rings. The summed E-state index contributed by atoms with van der Waals surface area (Å²) in [7, 11) is 0. The van der Waals surface area contributed by atoms with Crippen molar-refractivity contribution in [3.8, 4) is 0 Å². The summed E-state index contributed by atoms with van der Waals surface area (Å²) in [6.07, 6.45) is 0. The first kappa shape index (κ1) is 17.3. The van der Waals surface area contributed by atoms with E-state index in [1.807, 2.05) is 6.92 Å². The van der Waals surface area contributed by atoms with Gasteiger partial charge in [0.05, 0.1) is 6.54 Å². The van der Waals surface area contributed by atoms with Crippen LogP contribution < -0.4 is 16.0 Å². The first-order chi connectivity index (χ1) is 11.1. The van der Waals surface area contributed by atoms with Gasteiger partial charge in [-0.15, -0.1) is 0 Å². The van der Waals surface area contributed by atoms with E-state index < -0.39 is 0 Å². The first-order valence-corrected chi connectivity index (χ1v) is 8.28. The molecule has 0 bridgehead atoms. The van der Waals surface area contributed by atoms with Crippen LogP contribution in [0.25, 0.3) is 0 Å². The van der Waals surface area contributed by atoms with Crippen molar-refractivity contribution < 1.29 is 0 Å². The van der Waals surface area contributed by atoms with Crippen molar-refractivity contribution in [3.63, 3.8) is 0 Å². The number of piperazine rings is 1. The summed E-state index contributed by atoms with van der Waals surface area (Å²) >= 11 is 0. The molecule has 5 nitrogen and oxygen atoms in total. The predicted octanol–water partition coefficient (Wildman–Crippen LogP) is 1.68. The fourth-order valence-corrected chi connectivity index (χ4v) is 2.70. The molecule has 0 aliphatic carbocycles. The Morgan fingerprint density at radius 3 is 2.52 bits per heavy atom. The van der Waals surface area contributed by atoms with Gasteiger partial charge in [-0.05, 0) is 26.0 Å². The van der Waals surface area contributed by atoms with Crippen LogP contribution in [0.3, 0.4) is 0 Å². The van der Waals surface area contributed by atoms with E-state index in [1.54, 1.807) is 0 Å². The number of aliphatic imine (C=N–C) groups is 1. The summed E-state index contributed by atoms with van der Waals surface area (Å²) in [6, 6.07) is 11.0. The molecule has 0 aromatic heterocycles. The van der Waals surface area contributed by atoms with Crippen molar-refractivity contribution in [2.24, 2.45) is 10.7 Å². The molecule has 1 saturated heterocycles. The lowest BCUT2D eigenvalue weighted by Gasteiger charge is -2.38. The molecule has 1 heterocycles. The van der Waals surface area contributed by atoms with Crippen LogP contribution in [0, 0.1) is 0 Å². The molecule has 1 unspecified atom stereocenters. The summed E-state index contributed by atoms with van der Waals surface area (Å²) in [4.78, 5) is 9.36. The normalized spacial score (nSPS) is 17.8. The Bertz CT molecular complexity index is 517. The molecule has 0 spiro atoms. The molecule has 126 valence electrons. The highest BCUT2D eigenvalue weighted by Gasteiger charge is 2.20. The Labute approximate surface area is 139 Å². The molecule has 1 aromatic rings. The Morgan fingerprint density at radius 1 is 1.26 bits per heavy atom. The second-order valence-electron chi connectivity index (χ2n) is 6.24. The third-order valence-electron chi connectivity index (χ3n) is 4.16. The average Bonchev–Trinajstić information content (AvgIpc) is 2.58. The molecule has 1 atom stereocenters. The second-order valence-corrected chi connectivity index (χ2v) is 6.24. The van der Waals surface area contributed by atoms with Gasteiger partial charge in [-0.2, -0.15) is 0 Å². The van der Waals surface area contributed by atoms with Crippen molar-refractivity contribution in [1.29, 1.82) is 0 Å². The summed E-state index contributed by atoms with van der Waals surface area (Å²) in [5.41, 5.74) is 8.23. The quantitative estimate of drug-likeness (QED) is 0.476. The van der Waals surface area contributed by atoms with Crippen molar-refractivity contribution in [3.05, 3.63) is 42.5 Å². The van der Waals surface area contributed by atoms with Crippen molar-refractivity contribution in [2.75, 3.05) is 44.2 Å². The van der Waals surface area contributed by atoms with Gasteiger partial charge in [-0.3, -0.25) is 9.89 Å². The number of hydrogen-bond donors (Lipinski definition) is 2. The molecule has 1 aliphatic heterocycles. The van der Waals surface area contributed by atoms with Crippen LogP contribution in [0.4, 0.5) is 5.69 Å². The monoisotopic (exact) mass is 315 g/mol. The van der Waals surface area contributed by atoms with E-state index >= 15 is 0 Å². The van der Waals surface area contributed by atoms with Crippen LogP contribution >= 0.6 is 0 Å². The van der Waals surface area contributed by atoms with E-state index in [0.29, 0.717) is 18.5 Å². The lowest BCUT2D eigenvalue weighted by Crippen LogP contribution is -2.50. The lowest BCUT2D eigenvalue weighted by atomic mass is 10.2. The van der Waals surface area contributed by atoms with Crippen LogP contribution in [0.2, 0.25) is 0 Å². The minimum Gasteiger partial charge on any atom is -0.370 e. The van der Waals surface area contributed by atoms with Crippen LogP contribution in [0.15, 0.2) is 47.5 Å². The van der Waals surface area contributed by atoms with Gasteiger partial charge in [0.25, 0.3) is 0 Å². The molecule has 5 heteroatoms. The predicted molar refractivity (Wildman–Crippen MR) is 99.0 cm³/mol. The zero-order valence-corrected chi connectivity index (χ0v) is 14.3. The molecule has 3 N–H and O–H groups in total. The van der Waals surface area contributed by atoms with Crippen LogP contribution in [0.5, 0.6) is 0 Å². The van der Waals surface area contributed by atoms with E-state index in [9.17, 15) is 0 Å². The zero-order valence-electron chi connectivity index (χ0n) is 14.3. The van der Waals surface area contributed by atoms with Crippen molar-refractivity contribution in [2.45, 2.75) is 19.9 Å². The maximum absolute atomic E-state index is 5.87. The number of para-hydroxylation sites is 1. The molecular formula is C18H29N5. The smallest absolute Gasteiger partial charge is 0.188 e. The highest BCUT2D eigenvalue weighted by molar-refractivity contribution is 5.78. The van der Waals surface area contributed by atoms with Crippen molar-refractivity contribution in [1.82, 2.24) is 10.2 Å². The molecule has 0 radical (unpaired) electrons. The van der Waals surface area contributed by atoms with Gasteiger partial charge in [-0.25, -0.2) is 0 Å². The maximum Gasteiger partial charge on any atom is 0.188 e. The standard InChI is InChI=1S/C18H29N5/c1-15(2)13-20-18(19)21-14-16(3)22-9-11-23(12-10-22)17-7-5-4-6-8-17/h4-8,16H,1,9-14H2,2-3H3,(H3,19,20,21). The largest absolute Gasteiger partial charge is 0.370 e. The highest BCUT2D eigenvalue weighted by Crippen LogP contribution is 2.16. The van der Waals surface area contributed by atoms with Gasteiger partial charge >= 0.3 is 0 Å². The number of nitrogens with two attached hydrogens (primary N) is 1. The number of nitrogens with zero attached hydrogens (tertiary/aromatic N) is 3. The van der Waals surface area contributed by atoms with Gasteiger partial charge in [-0.1, -0.05) is 30.4 Å². The number of benzene rings is 1. The maximum atomic E-state index is 5.87. The number of rotatable bonds is 6. The fourth-order valence-electron chi connectivity index (χ4n) is 2.70. The van der Waals surface area contributed by atoms with Gasteiger partial charge < -0.3 is 16.0 Å². The first-order valence-electron chi connectivity index (χ1n) is 8.28. The van der Waals surface area contributed by atoms with E-state index in [1.165, 1.54) is 5.69 Å². The number of guanidine groups is 1. The second kappa shape index (κ2) is 8.58. The minimum atomic E-state index is 0.401. The Kier molecular flexibility index (Phi) is 6.47. The molecule has 1 aromatic carbocycles. The fraction of sp³-hybridized carbons (Fsp3) is 0.500. The highest BCUT2D eigenvalue weighted by atomic mass is 15.3. The molecule has 1 aliphatic rings. The lowest BCUT2D eigenvalue weighted by molar-refractivity contribution is 0.201. The zero-order chi connectivity index (χ0) is 16.7. The van der Waals surface area contributed by atoms with Gasteiger partial charge in [0.2, 0.25) is 0 Å². The van der Waals surface area contributed by atoms with Crippen molar-refractivity contribution >= 4 is 11.6 Å². The van der Waals surface area contributed by atoms with Crippen LogP contribution in [0.1, 0.15) is 13.8 Å². The Hall–Kier alpha value is -2.01. The average molecular weight is 315 g/mol. The number of nitrogens with one attached hydrogen (secondary N) is 1. The van der Waals surface area contributed by atoms with Gasteiger partial charge in [0.1, 0.15) is 0 Å². The van der Waals surface area contributed by atoms with E-state index in [0.717, 1.165) is 38.3 Å². The van der Waals surface area contributed by atoms with Crippen LogP contribution in [-0.2, 0) is 0 Å². The molecule has 0 amide bonds. The summed E-state index contributed by atoms with van der Waals surface area (Å²) in [5, 5.41) is 3.07.